The van der Waals surface area contributed by atoms with Crippen LogP contribution in [-0.2, 0) is 0 Å². The van der Waals surface area contributed by atoms with Crippen LogP contribution < -0.4 is 10.1 Å². The number of amides is 1. The average molecular weight is 383 g/mol. The maximum atomic E-state index is 13.2. The van der Waals surface area contributed by atoms with Gasteiger partial charge < -0.3 is 10.1 Å². The fraction of sp³-hybridized carbons (Fsp3) is 0.125. The molecule has 2 aromatic heterocycles. The van der Waals surface area contributed by atoms with Crippen LogP contribution in [0.3, 0.4) is 0 Å². The molecule has 0 spiro atoms. The molecule has 4 aromatic rings. The molecule has 0 bridgehead atoms. The Bertz CT molecular complexity index is 1200. The van der Waals surface area contributed by atoms with E-state index in [1.54, 1.807) is 13.2 Å². The van der Waals surface area contributed by atoms with Gasteiger partial charge in [0, 0.05) is 16.6 Å². The van der Waals surface area contributed by atoms with Crippen LogP contribution in [0.1, 0.15) is 21.6 Å². The van der Waals surface area contributed by atoms with E-state index in [0.717, 1.165) is 39.2 Å². The van der Waals surface area contributed by atoms with Gasteiger partial charge in [0.05, 0.1) is 23.9 Å². The van der Waals surface area contributed by atoms with Crippen molar-refractivity contribution in [2.45, 2.75) is 13.8 Å². The molecule has 0 atom stereocenters. The Labute approximate surface area is 169 Å². The van der Waals surface area contributed by atoms with Crippen LogP contribution in [-0.4, -0.2) is 23.0 Å². The van der Waals surface area contributed by atoms with E-state index in [-0.39, 0.29) is 5.91 Å². The second-order valence-electron chi connectivity index (χ2n) is 6.82. The van der Waals surface area contributed by atoms with Gasteiger partial charge >= 0.3 is 0 Å². The van der Waals surface area contributed by atoms with Gasteiger partial charge in [0.15, 0.2) is 0 Å². The van der Waals surface area contributed by atoms with E-state index in [2.05, 4.69) is 10.3 Å². The lowest BCUT2D eigenvalue weighted by Crippen LogP contribution is -2.16. The zero-order chi connectivity index (χ0) is 20.4. The third-order valence-electron chi connectivity index (χ3n) is 4.86. The maximum absolute atomic E-state index is 13.2. The van der Waals surface area contributed by atoms with Gasteiger partial charge in [-0.1, -0.05) is 24.3 Å². The first-order valence-corrected chi connectivity index (χ1v) is 9.35. The van der Waals surface area contributed by atoms with Crippen LogP contribution in [0, 0.1) is 13.8 Å². The summed E-state index contributed by atoms with van der Waals surface area (Å²) >= 11 is 0. The van der Waals surface area contributed by atoms with Crippen LogP contribution in [0.5, 0.6) is 5.75 Å². The van der Waals surface area contributed by atoms with Crippen molar-refractivity contribution in [1.82, 2.24) is 9.97 Å². The largest absolute Gasteiger partial charge is 0.497 e. The number of carbonyl (C=O) groups is 1. The molecule has 2 aromatic carbocycles. The lowest BCUT2D eigenvalue weighted by molar-refractivity contribution is 0.102. The number of anilines is 1. The molecule has 0 aliphatic heterocycles. The summed E-state index contributed by atoms with van der Waals surface area (Å²) in [6.07, 6.45) is 0. The van der Waals surface area contributed by atoms with Gasteiger partial charge in [-0.15, -0.1) is 0 Å². The fourth-order valence-electron chi connectivity index (χ4n) is 3.42. The SMILES string of the molecule is COc1ccc(-c2nc3ccccc3c(C(=O)Nc3cccc(C)n3)c2C)cc1. The Morgan fingerprint density at radius 2 is 1.66 bits per heavy atom. The Kier molecular flexibility index (Phi) is 4.96. The van der Waals surface area contributed by atoms with E-state index >= 15 is 0 Å². The van der Waals surface area contributed by atoms with Crippen molar-refractivity contribution in [2.75, 3.05) is 12.4 Å². The molecule has 0 aliphatic carbocycles. The molecule has 5 heteroatoms. The molecule has 0 unspecified atom stereocenters. The van der Waals surface area contributed by atoms with E-state index in [9.17, 15) is 4.79 Å². The zero-order valence-electron chi connectivity index (χ0n) is 16.6. The van der Waals surface area contributed by atoms with Crippen LogP contribution in [0.4, 0.5) is 5.82 Å². The van der Waals surface area contributed by atoms with Gasteiger partial charge in [0.25, 0.3) is 5.91 Å². The number of para-hydroxylation sites is 1. The maximum Gasteiger partial charge on any atom is 0.257 e. The van der Waals surface area contributed by atoms with E-state index < -0.39 is 0 Å². The Morgan fingerprint density at radius 1 is 0.897 bits per heavy atom. The predicted octanol–water partition coefficient (Wildman–Crippen LogP) is 5.17. The molecule has 0 radical (unpaired) electrons. The minimum absolute atomic E-state index is 0.200. The molecule has 0 saturated carbocycles. The monoisotopic (exact) mass is 383 g/mol. The molecule has 5 nitrogen and oxygen atoms in total. The summed E-state index contributed by atoms with van der Waals surface area (Å²) in [6, 6.07) is 20.9. The number of ether oxygens (including phenoxy) is 1. The van der Waals surface area contributed by atoms with E-state index in [1.165, 1.54) is 0 Å². The normalized spacial score (nSPS) is 10.7. The van der Waals surface area contributed by atoms with Gasteiger partial charge in [0.2, 0.25) is 0 Å². The lowest BCUT2D eigenvalue weighted by Gasteiger charge is -2.15. The lowest BCUT2D eigenvalue weighted by atomic mass is 9.97. The summed E-state index contributed by atoms with van der Waals surface area (Å²) in [7, 11) is 1.64. The van der Waals surface area contributed by atoms with Crippen molar-refractivity contribution < 1.29 is 9.53 Å². The number of fused-ring (bicyclic) bond motifs is 1. The highest BCUT2D eigenvalue weighted by molar-refractivity contribution is 6.14. The first kappa shape index (κ1) is 18.6. The minimum Gasteiger partial charge on any atom is -0.497 e. The third-order valence-corrected chi connectivity index (χ3v) is 4.86. The molecule has 2 heterocycles. The minimum atomic E-state index is -0.200. The van der Waals surface area contributed by atoms with Crippen LogP contribution in [0.2, 0.25) is 0 Å². The first-order valence-electron chi connectivity index (χ1n) is 9.35. The van der Waals surface area contributed by atoms with Crippen molar-refractivity contribution in [3.05, 3.63) is 83.6 Å². The summed E-state index contributed by atoms with van der Waals surface area (Å²) in [5.74, 6) is 1.10. The summed E-state index contributed by atoms with van der Waals surface area (Å²) in [5.41, 5.74) is 4.73. The molecule has 0 saturated heterocycles. The molecule has 1 amide bonds. The van der Waals surface area contributed by atoms with Crippen LogP contribution in [0.15, 0.2) is 66.7 Å². The fourth-order valence-corrected chi connectivity index (χ4v) is 3.42. The molecule has 144 valence electrons. The number of aromatic nitrogens is 2. The number of hydrogen-bond donors (Lipinski definition) is 1. The number of nitrogens with zero attached hydrogens (tertiary/aromatic N) is 2. The molecule has 4 rings (SSSR count). The number of carbonyl (C=O) groups excluding carboxylic acids is 1. The Morgan fingerprint density at radius 3 is 2.38 bits per heavy atom. The highest BCUT2D eigenvalue weighted by atomic mass is 16.5. The second-order valence-corrected chi connectivity index (χ2v) is 6.82. The van der Waals surface area contributed by atoms with Crippen molar-refractivity contribution in [3.8, 4) is 17.0 Å². The number of nitrogens with one attached hydrogen (secondary N) is 1. The first-order chi connectivity index (χ1) is 14.1. The molecular weight excluding hydrogens is 362 g/mol. The zero-order valence-corrected chi connectivity index (χ0v) is 16.6. The number of benzene rings is 2. The number of hydrogen-bond acceptors (Lipinski definition) is 4. The molecule has 29 heavy (non-hydrogen) atoms. The van der Waals surface area contributed by atoms with E-state index in [4.69, 9.17) is 9.72 Å². The summed E-state index contributed by atoms with van der Waals surface area (Å²) in [6.45, 7) is 3.82. The van der Waals surface area contributed by atoms with Crippen molar-refractivity contribution in [1.29, 1.82) is 0 Å². The van der Waals surface area contributed by atoms with Crippen LogP contribution in [0.25, 0.3) is 22.2 Å². The smallest absolute Gasteiger partial charge is 0.257 e. The standard InChI is InChI=1S/C24H21N3O2/c1-15-7-6-10-21(25-15)27-24(28)22-16(2)23(17-11-13-18(29-3)14-12-17)26-20-9-5-4-8-19(20)22/h4-14H,1-3H3,(H,25,27,28). The number of rotatable bonds is 4. The topological polar surface area (TPSA) is 64.1 Å². The summed E-state index contributed by atoms with van der Waals surface area (Å²) in [4.78, 5) is 22.5. The molecule has 0 fully saturated rings. The number of aryl methyl sites for hydroxylation is 1. The van der Waals surface area contributed by atoms with Gasteiger partial charge in [-0.25, -0.2) is 9.97 Å². The number of methoxy groups -OCH3 is 1. The average Bonchev–Trinajstić information content (AvgIpc) is 2.73. The van der Waals surface area contributed by atoms with Crippen molar-refractivity contribution >= 4 is 22.6 Å². The van der Waals surface area contributed by atoms with Crippen molar-refractivity contribution in [3.63, 3.8) is 0 Å². The quantitative estimate of drug-likeness (QED) is 0.528. The summed E-state index contributed by atoms with van der Waals surface area (Å²) in [5, 5.41) is 3.74. The molecular formula is C24H21N3O2. The van der Waals surface area contributed by atoms with Gasteiger partial charge in [0.1, 0.15) is 11.6 Å². The van der Waals surface area contributed by atoms with E-state index in [1.807, 2.05) is 74.5 Å². The highest BCUT2D eigenvalue weighted by Crippen LogP contribution is 2.31. The predicted molar refractivity (Wildman–Crippen MR) is 115 cm³/mol. The summed E-state index contributed by atoms with van der Waals surface area (Å²) < 4.78 is 5.25. The van der Waals surface area contributed by atoms with Gasteiger partial charge in [-0.05, 0) is 61.9 Å². The van der Waals surface area contributed by atoms with Gasteiger partial charge in [-0.2, -0.15) is 0 Å². The van der Waals surface area contributed by atoms with Crippen LogP contribution >= 0.6 is 0 Å². The Hall–Kier alpha value is -3.73. The number of pyridine rings is 2. The Balaban J connectivity index is 1.85. The third kappa shape index (κ3) is 3.67. The van der Waals surface area contributed by atoms with Gasteiger partial charge in [-0.3, -0.25) is 4.79 Å². The highest BCUT2D eigenvalue weighted by Gasteiger charge is 2.19. The van der Waals surface area contributed by atoms with Crippen molar-refractivity contribution in [2.24, 2.45) is 0 Å². The molecule has 0 aliphatic rings. The van der Waals surface area contributed by atoms with E-state index in [0.29, 0.717) is 11.4 Å². The molecule has 1 N–H and O–H groups in total. The second kappa shape index (κ2) is 7.72.